The quantitative estimate of drug-likeness (QED) is 0.200. The van der Waals surface area contributed by atoms with Crippen molar-refractivity contribution < 1.29 is 0 Å². The fraction of sp³-hybridized carbons (Fsp3) is 0. The molecule has 47 heavy (non-hydrogen) atoms. The summed E-state index contributed by atoms with van der Waals surface area (Å²) in [6.07, 6.45) is 0. The van der Waals surface area contributed by atoms with E-state index in [-0.39, 0.29) is 13.4 Å². The zero-order valence-corrected chi connectivity index (χ0v) is 26.3. The Morgan fingerprint density at radius 2 is 0.894 bits per heavy atom. The summed E-state index contributed by atoms with van der Waals surface area (Å²) in [6.45, 7) is 0.311. The third kappa shape index (κ3) is 3.39. The first kappa shape index (κ1) is 25.8. The van der Waals surface area contributed by atoms with E-state index in [0.29, 0.717) is 0 Å². The molecule has 7 aromatic rings. The maximum absolute atomic E-state index is 2.60. The molecule has 5 heteroatoms. The van der Waals surface area contributed by atoms with Crippen molar-refractivity contribution in [2.75, 3.05) is 9.80 Å². The largest absolute Gasteiger partial charge is 0.312 e. The Morgan fingerprint density at radius 3 is 1.57 bits per heavy atom. The van der Waals surface area contributed by atoms with Crippen LogP contribution in [0.25, 0.3) is 11.1 Å². The Morgan fingerprint density at radius 1 is 0.383 bits per heavy atom. The van der Waals surface area contributed by atoms with E-state index in [1.54, 1.807) is 0 Å². The fourth-order valence-corrected chi connectivity index (χ4v) is 9.90. The van der Waals surface area contributed by atoms with Crippen LogP contribution in [-0.4, -0.2) is 13.4 Å². The maximum Gasteiger partial charge on any atom is 0.252 e. The smallest absolute Gasteiger partial charge is 0.252 e. The van der Waals surface area contributed by atoms with Gasteiger partial charge in [-0.25, -0.2) is 0 Å². The summed E-state index contributed by atoms with van der Waals surface area (Å²) in [5.74, 6) is 0. The molecule has 0 bridgehead atoms. The summed E-state index contributed by atoms with van der Waals surface area (Å²) in [5, 5.41) is 0. The highest BCUT2D eigenvalue weighted by Gasteiger charge is 2.50. The van der Waals surface area contributed by atoms with Crippen LogP contribution in [0.4, 0.5) is 34.1 Å². The summed E-state index contributed by atoms with van der Waals surface area (Å²) in [7, 11) is 0. The van der Waals surface area contributed by atoms with Crippen LogP contribution >= 0.6 is 11.8 Å². The van der Waals surface area contributed by atoms with E-state index >= 15 is 0 Å². The minimum absolute atomic E-state index is 0.127. The molecule has 0 N–H and O–H groups in total. The van der Waals surface area contributed by atoms with E-state index in [1.807, 2.05) is 11.8 Å². The van der Waals surface area contributed by atoms with E-state index in [4.69, 9.17) is 0 Å². The fourth-order valence-electron chi connectivity index (χ4n) is 8.72. The predicted molar refractivity (Wildman–Crippen MR) is 201 cm³/mol. The van der Waals surface area contributed by atoms with Gasteiger partial charge in [-0.15, -0.1) is 0 Å². The molecule has 7 aromatic carbocycles. The van der Waals surface area contributed by atoms with Gasteiger partial charge < -0.3 is 9.80 Å². The summed E-state index contributed by atoms with van der Waals surface area (Å²) >= 11 is 1.93. The predicted octanol–water partition coefficient (Wildman–Crippen LogP) is 6.73. The van der Waals surface area contributed by atoms with Crippen LogP contribution in [0.5, 0.6) is 0 Å². The van der Waals surface area contributed by atoms with Crippen LogP contribution in [0, 0.1) is 0 Å². The molecule has 11 rings (SSSR count). The van der Waals surface area contributed by atoms with E-state index in [2.05, 4.69) is 168 Å². The van der Waals surface area contributed by atoms with Crippen LogP contribution in [-0.2, 0) is 0 Å². The summed E-state index contributed by atoms with van der Waals surface area (Å²) in [6, 6.07) is 58.6. The highest BCUT2D eigenvalue weighted by atomic mass is 32.2. The topological polar surface area (TPSA) is 6.48 Å². The van der Waals surface area contributed by atoms with Crippen molar-refractivity contribution >= 4 is 92.1 Å². The zero-order valence-electron chi connectivity index (χ0n) is 25.5. The SMILES string of the molecule is c1ccc(-c2ccccc2N2c3ccccc3B3c4ccccc4N4c5ccccc5B5c6ccccc6Sc6cc2c3c4c65)cc1. The van der Waals surface area contributed by atoms with Crippen molar-refractivity contribution in [1.82, 2.24) is 0 Å². The number of anilines is 6. The molecular weight excluding hydrogens is 586 g/mol. The third-order valence-electron chi connectivity index (χ3n) is 10.5. The molecule has 0 aromatic heterocycles. The van der Waals surface area contributed by atoms with Gasteiger partial charge in [0.25, 0.3) is 6.71 Å². The first-order chi connectivity index (χ1) is 23.4. The first-order valence-electron chi connectivity index (χ1n) is 16.4. The molecule has 2 nitrogen and oxygen atoms in total. The highest BCUT2D eigenvalue weighted by Crippen LogP contribution is 2.49. The van der Waals surface area contributed by atoms with Gasteiger partial charge in [-0.3, -0.25) is 0 Å². The number of benzene rings is 7. The Balaban J connectivity index is 1.30. The minimum atomic E-state index is 0.127. The molecule has 0 saturated heterocycles. The normalized spacial score (nSPS) is 14.1. The second-order valence-electron chi connectivity index (χ2n) is 12.8. The molecule has 0 amide bonds. The Kier molecular flexibility index (Phi) is 5.25. The second kappa shape index (κ2) is 9.57. The highest BCUT2D eigenvalue weighted by molar-refractivity contribution is 8.00. The molecular formula is C42H26B2N2S. The van der Waals surface area contributed by atoms with E-state index in [1.165, 1.54) is 87.8 Å². The molecule has 0 saturated carbocycles. The lowest BCUT2D eigenvalue weighted by atomic mass is 9.29. The lowest BCUT2D eigenvalue weighted by Crippen LogP contribution is -2.68. The molecule has 4 aliphatic heterocycles. The van der Waals surface area contributed by atoms with Crippen molar-refractivity contribution in [1.29, 1.82) is 0 Å². The van der Waals surface area contributed by atoms with E-state index in [0.717, 1.165) is 0 Å². The van der Waals surface area contributed by atoms with Crippen molar-refractivity contribution in [2.24, 2.45) is 0 Å². The Bertz CT molecular complexity index is 2430. The van der Waals surface area contributed by atoms with Gasteiger partial charge >= 0.3 is 0 Å². The molecule has 0 spiro atoms. The summed E-state index contributed by atoms with van der Waals surface area (Å²) in [4.78, 5) is 7.85. The van der Waals surface area contributed by atoms with Crippen molar-refractivity contribution in [3.63, 3.8) is 0 Å². The van der Waals surface area contributed by atoms with Gasteiger partial charge in [-0.05, 0) is 69.3 Å². The average molecular weight is 612 g/mol. The summed E-state index contributed by atoms with van der Waals surface area (Å²) < 4.78 is 0. The number of nitrogens with zero attached hydrogens (tertiary/aromatic N) is 2. The average Bonchev–Trinajstić information content (AvgIpc) is 3.14. The lowest BCUT2D eigenvalue weighted by Gasteiger charge is -2.49. The second-order valence-corrected chi connectivity index (χ2v) is 13.9. The van der Waals surface area contributed by atoms with Crippen molar-refractivity contribution in [3.05, 3.63) is 158 Å². The van der Waals surface area contributed by atoms with Crippen LogP contribution < -0.4 is 42.6 Å². The van der Waals surface area contributed by atoms with Gasteiger partial charge in [0.15, 0.2) is 0 Å². The summed E-state index contributed by atoms with van der Waals surface area (Å²) in [5.41, 5.74) is 18.5. The van der Waals surface area contributed by atoms with Gasteiger partial charge in [0.05, 0.1) is 5.69 Å². The van der Waals surface area contributed by atoms with Crippen molar-refractivity contribution in [3.8, 4) is 11.1 Å². The first-order valence-corrected chi connectivity index (χ1v) is 17.2. The van der Waals surface area contributed by atoms with Gasteiger partial charge in [0.1, 0.15) is 0 Å². The molecule has 4 heterocycles. The van der Waals surface area contributed by atoms with Gasteiger partial charge in [-0.2, -0.15) is 0 Å². The number of fused-ring (bicyclic) bond motifs is 10. The van der Waals surface area contributed by atoms with Crippen LogP contribution in [0.1, 0.15) is 0 Å². The van der Waals surface area contributed by atoms with Crippen LogP contribution in [0.15, 0.2) is 168 Å². The molecule has 0 fully saturated rings. The molecule has 0 unspecified atom stereocenters. The monoisotopic (exact) mass is 612 g/mol. The van der Waals surface area contributed by atoms with Gasteiger partial charge in [0.2, 0.25) is 6.71 Å². The lowest BCUT2D eigenvalue weighted by molar-refractivity contribution is 1.23. The number of para-hydroxylation sites is 4. The standard InChI is InChI=1S/C42H26B2N2S/c1-2-14-27(15-3-1)28-16-4-9-21-33(28)45-34-22-10-5-17-29(34)43-30-18-6-11-23-35(30)46-36-24-12-7-19-31(36)44-32-20-8-13-25-38(32)47-39-26-37(45)40(43)42(46)41(39)44/h1-26H. The van der Waals surface area contributed by atoms with Crippen molar-refractivity contribution in [2.45, 2.75) is 9.79 Å². The number of rotatable bonds is 2. The Labute approximate surface area is 279 Å². The van der Waals surface area contributed by atoms with Gasteiger partial charge in [0, 0.05) is 43.8 Å². The molecule has 216 valence electrons. The molecule has 0 atom stereocenters. The number of hydrogen-bond donors (Lipinski definition) is 0. The molecule has 4 aliphatic rings. The molecule has 0 radical (unpaired) electrons. The van der Waals surface area contributed by atoms with Gasteiger partial charge in [-0.1, -0.05) is 139 Å². The van der Waals surface area contributed by atoms with E-state index in [9.17, 15) is 0 Å². The molecule has 0 aliphatic carbocycles. The van der Waals surface area contributed by atoms with Crippen LogP contribution in [0.2, 0.25) is 0 Å². The minimum Gasteiger partial charge on any atom is -0.312 e. The zero-order chi connectivity index (χ0) is 30.6. The maximum atomic E-state index is 2.60. The number of hydrogen-bond acceptors (Lipinski definition) is 3. The van der Waals surface area contributed by atoms with Crippen LogP contribution in [0.3, 0.4) is 0 Å². The van der Waals surface area contributed by atoms with E-state index < -0.39 is 0 Å². The Hall–Kier alpha value is -5.38. The third-order valence-corrected chi connectivity index (χ3v) is 11.7.